The fourth-order valence-corrected chi connectivity index (χ4v) is 4.68. The number of carbonyl (C=O) groups is 1. The number of amides is 1. The van der Waals surface area contributed by atoms with Crippen molar-refractivity contribution in [2.75, 3.05) is 13.1 Å². The van der Waals surface area contributed by atoms with Crippen LogP contribution >= 0.6 is 15.9 Å². The molecule has 0 radical (unpaired) electrons. The maximum atomic E-state index is 13.0. The van der Waals surface area contributed by atoms with Crippen LogP contribution in [-0.4, -0.2) is 41.1 Å². The first-order valence-electron chi connectivity index (χ1n) is 9.43. The van der Waals surface area contributed by atoms with Crippen LogP contribution in [0.15, 0.2) is 46.9 Å². The number of fused-ring (bicyclic) bond motifs is 2. The van der Waals surface area contributed by atoms with Crippen LogP contribution in [0.1, 0.15) is 40.9 Å². The summed E-state index contributed by atoms with van der Waals surface area (Å²) in [5, 5.41) is 14.3. The molecule has 4 rings (SSSR count). The minimum absolute atomic E-state index is 0.00656. The van der Waals surface area contributed by atoms with E-state index in [-0.39, 0.29) is 17.4 Å². The molecule has 2 aromatic carbocycles. The fourth-order valence-electron chi connectivity index (χ4n) is 4.32. The Morgan fingerprint density at radius 3 is 2.78 bits per heavy atom. The second-order valence-corrected chi connectivity index (χ2v) is 9.20. The number of rotatable bonds is 3. The number of hydrogen-bond acceptors (Lipinski definition) is 3. The number of carbonyl (C=O) groups excluding carboxylic acids is 1. The molecule has 0 aromatic heterocycles. The topological polar surface area (TPSA) is 52.6 Å². The predicted octanol–water partition coefficient (Wildman–Crippen LogP) is 3.26. The molecule has 0 saturated carbocycles. The lowest BCUT2D eigenvalue weighted by atomic mass is 9.78. The van der Waals surface area contributed by atoms with E-state index in [9.17, 15) is 9.90 Å². The van der Waals surface area contributed by atoms with Crippen molar-refractivity contribution >= 4 is 21.8 Å². The Hall–Kier alpha value is -1.69. The summed E-state index contributed by atoms with van der Waals surface area (Å²) >= 11 is 3.51. The van der Waals surface area contributed by atoms with Crippen molar-refractivity contribution in [1.82, 2.24) is 10.2 Å². The van der Waals surface area contributed by atoms with Gasteiger partial charge in [-0.3, -0.25) is 4.79 Å². The number of hydrogen-bond donors (Lipinski definition) is 2. The average molecular weight is 429 g/mol. The Morgan fingerprint density at radius 1 is 1.26 bits per heavy atom. The molecule has 2 aliphatic heterocycles. The minimum Gasteiger partial charge on any atom is -0.390 e. The highest BCUT2D eigenvalue weighted by Crippen LogP contribution is 2.35. The van der Waals surface area contributed by atoms with E-state index < -0.39 is 6.10 Å². The van der Waals surface area contributed by atoms with Crippen molar-refractivity contribution in [1.29, 1.82) is 0 Å². The van der Waals surface area contributed by atoms with Gasteiger partial charge in [-0.15, -0.1) is 0 Å². The zero-order valence-electron chi connectivity index (χ0n) is 15.7. The van der Waals surface area contributed by atoms with E-state index in [2.05, 4.69) is 47.2 Å². The molecule has 27 heavy (non-hydrogen) atoms. The van der Waals surface area contributed by atoms with Crippen LogP contribution in [0.25, 0.3) is 0 Å². The van der Waals surface area contributed by atoms with Crippen LogP contribution in [0.4, 0.5) is 0 Å². The maximum Gasteiger partial charge on any atom is 0.254 e. The molecule has 2 atom stereocenters. The Morgan fingerprint density at radius 2 is 2.00 bits per heavy atom. The third-order valence-electron chi connectivity index (χ3n) is 5.80. The highest BCUT2D eigenvalue weighted by molar-refractivity contribution is 9.10. The molecular formula is C22H25BrN2O2. The molecule has 1 amide bonds. The Bertz CT molecular complexity index is 880. The van der Waals surface area contributed by atoms with Gasteiger partial charge in [-0.2, -0.15) is 0 Å². The highest BCUT2D eigenvalue weighted by Gasteiger charge is 2.38. The second-order valence-electron chi connectivity index (χ2n) is 8.29. The quantitative estimate of drug-likeness (QED) is 0.788. The third kappa shape index (κ3) is 3.56. The number of nitrogens with zero attached hydrogens (tertiary/aromatic N) is 1. The molecule has 0 fully saturated rings. The maximum absolute atomic E-state index is 13.0. The monoisotopic (exact) mass is 428 g/mol. The standard InChI is InChI=1S/C22H25BrN2O2/c1-22(2)13-25(21(27)17-8-7-16(23)10-18(17)22)12-20(26)19-9-14-5-3-4-6-15(14)11-24-19/h3-8,10,19-20,24,26H,9,11-13H2,1-2H3/t19-,20+/m0/s1. The summed E-state index contributed by atoms with van der Waals surface area (Å²) in [6.45, 7) is 6.01. The highest BCUT2D eigenvalue weighted by atomic mass is 79.9. The number of nitrogens with one attached hydrogen (secondary N) is 1. The normalized spacial score (nSPS) is 22.1. The lowest BCUT2D eigenvalue weighted by Crippen LogP contribution is -2.54. The average Bonchev–Trinajstić information content (AvgIpc) is 2.65. The Kier molecular flexibility index (Phi) is 4.87. The molecule has 0 unspecified atom stereocenters. The number of β-amino-alcohol motifs (C(OH)–C–C–N with tert-alkyl or cyclic N) is 1. The molecule has 0 aliphatic carbocycles. The lowest BCUT2D eigenvalue weighted by Gasteiger charge is -2.41. The first kappa shape index (κ1) is 18.7. The van der Waals surface area contributed by atoms with Gasteiger partial charge in [0.15, 0.2) is 0 Å². The van der Waals surface area contributed by atoms with Gasteiger partial charge in [0, 0.05) is 41.1 Å². The van der Waals surface area contributed by atoms with Gasteiger partial charge < -0.3 is 15.3 Å². The predicted molar refractivity (Wildman–Crippen MR) is 110 cm³/mol. The van der Waals surface area contributed by atoms with Crippen LogP contribution in [0.3, 0.4) is 0 Å². The third-order valence-corrected chi connectivity index (χ3v) is 6.29. The second kappa shape index (κ2) is 7.04. The largest absolute Gasteiger partial charge is 0.390 e. The first-order valence-corrected chi connectivity index (χ1v) is 10.2. The van der Waals surface area contributed by atoms with Crippen LogP contribution in [0, 0.1) is 0 Å². The molecule has 0 spiro atoms. The number of aliphatic hydroxyl groups is 1. The summed E-state index contributed by atoms with van der Waals surface area (Å²) in [6, 6.07) is 14.1. The van der Waals surface area contributed by atoms with Crippen LogP contribution in [0.2, 0.25) is 0 Å². The molecule has 2 heterocycles. The van der Waals surface area contributed by atoms with Gasteiger partial charge >= 0.3 is 0 Å². The van der Waals surface area contributed by atoms with Gasteiger partial charge in [0.1, 0.15) is 0 Å². The van der Waals surface area contributed by atoms with Gasteiger partial charge in [-0.1, -0.05) is 54.0 Å². The zero-order valence-corrected chi connectivity index (χ0v) is 17.3. The summed E-state index contributed by atoms with van der Waals surface area (Å²) in [4.78, 5) is 14.8. The zero-order chi connectivity index (χ0) is 19.2. The van der Waals surface area contributed by atoms with Gasteiger partial charge in [0.05, 0.1) is 6.10 Å². The number of aliphatic hydroxyl groups excluding tert-OH is 1. The van der Waals surface area contributed by atoms with E-state index >= 15 is 0 Å². The van der Waals surface area contributed by atoms with Gasteiger partial charge in [-0.05, 0) is 41.3 Å². The van der Waals surface area contributed by atoms with Crippen molar-refractivity contribution in [3.8, 4) is 0 Å². The molecule has 5 heteroatoms. The molecule has 2 aliphatic rings. The van der Waals surface area contributed by atoms with Crippen LogP contribution < -0.4 is 5.32 Å². The van der Waals surface area contributed by atoms with Crippen molar-refractivity contribution < 1.29 is 9.90 Å². The summed E-state index contributed by atoms with van der Waals surface area (Å²) in [6.07, 6.45) is 0.182. The lowest BCUT2D eigenvalue weighted by molar-refractivity contribution is 0.0445. The Labute approximate surface area is 168 Å². The van der Waals surface area contributed by atoms with E-state index in [1.165, 1.54) is 11.1 Å². The van der Waals surface area contributed by atoms with Gasteiger partial charge in [0.25, 0.3) is 5.91 Å². The van der Waals surface area contributed by atoms with Crippen LogP contribution in [0.5, 0.6) is 0 Å². The van der Waals surface area contributed by atoms with E-state index in [0.717, 1.165) is 28.6 Å². The van der Waals surface area contributed by atoms with E-state index in [0.29, 0.717) is 13.1 Å². The Balaban J connectivity index is 1.51. The SMILES string of the molecule is CC1(C)CN(C[C@@H](O)[C@@H]2Cc3ccccc3CN2)C(=O)c2ccc(Br)cc21. The van der Waals surface area contributed by atoms with E-state index in [1.54, 1.807) is 0 Å². The summed E-state index contributed by atoms with van der Waals surface area (Å²) in [5.41, 5.74) is 4.22. The van der Waals surface area contributed by atoms with Crippen molar-refractivity contribution in [3.63, 3.8) is 0 Å². The molecule has 4 nitrogen and oxygen atoms in total. The molecular weight excluding hydrogens is 404 g/mol. The summed E-state index contributed by atoms with van der Waals surface area (Å²) in [5.74, 6) is 0.00656. The van der Waals surface area contributed by atoms with Crippen molar-refractivity contribution in [2.24, 2.45) is 0 Å². The van der Waals surface area contributed by atoms with E-state index in [4.69, 9.17) is 0 Å². The van der Waals surface area contributed by atoms with Crippen molar-refractivity contribution in [3.05, 3.63) is 69.2 Å². The number of benzene rings is 2. The smallest absolute Gasteiger partial charge is 0.254 e. The summed E-state index contributed by atoms with van der Waals surface area (Å²) < 4.78 is 0.987. The number of halogens is 1. The minimum atomic E-state index is -0.602. The molecule has 0 saturated heterocycles. The fraction of sp³-hybridized carbons (Fsp3) is 0.409. The van der Waals surface area contributed by atoms with Gasteiger partial charge in [0.2, 0.25) is 0 Å². The van der Waals surface area contributed by atoms with Gasteiger partial charge in [-0.25, -0.2) is 0 Å². The van der Waals surface area contributed by atoms with Crippen LogP contribution in [-0.2, 0) is 18.4 Å². The van der Waals surface area contributed by atoms with Crippen molar-refractivity contribution in [2.45, 2.75) is 44.4 Å². The van der Waals surface area contributed by atoms with E-state index in [1.807, 2.05) is 35.2 Å². The molecule has 2 N–H and O–H groups in total. The first-order chi connectivity index (χ1) is 12.8. The molecule has 2 aromatic rings. The summed E-state index contributed by atoms with van der Waals surface area (Å²) in [7, 11) is 0. The molecule has 0 bridgehead atoms. The molecule has 142 valence electrons.